The van der Waals surface area contributed by atoms with Gasteiger partial charge < -0.3 is 4.74 Å². The average Bonchev–Trinajstić information content (AvgIpc) is 2.18. The highest BCUT2D eigenvalue weighted by atomic mass is 16.5. The first-order valence-electron chi connectivity index (χ1n) is 4.33. The second-order valence-corrected chi connectivity index (χ2v) is 3.40. The fourth-order valence-electron chi connectivity index (χ4n) is 1.98. The molecule has 0 saturated carbocycles. The summed E-state index contributed by atoms with van der Waals surface area (Å²) in [5, 5.41) is 3.24. The lowest BCUT2D eigenvalue weighted by atomic mass is 9.82. The van der Waals surface area contributed by atoms with E-state index >= 15 is 0 Å². The molecule has 2 bridgehead atoms. The molecule has 1 saturated heterocycles. The van der Waals surface area contributed by atoms with Crippen molar-refractivity contribution in [3.05, 3.63) is 12.2 Å². The molecule has 0 amide bonds. The van der Waals surface area contributed by atoms with Crippen LogP contribution in [0.5, 0.6) is 0 Å². The van der Waals surface area contributed by atoms with Crippen LogP contribution in [0.3, 0.4) is 0 Å². The van der Waals surface area contributed by atoms with Gasteiger partial charge in [-0.3, -0.25) is 10.1 Å². The topological polar surface area (TPSA) is 38.3 Å². The first-order valence-corrected chi connectivity index (χ1v) is 4.33. The molecule has 3 rings (SSSR count). The molecule has 0 radical (unpaired) electrons. The predicted octanol–water partition coefficient (Wildman–Crippen LogP) is 0.466. The number of hydrogen-bond donors (Lipinski definition) is 1. The summed E-state index contributed by atoms with van der Waals surface area (Å²) in [5.41, 5.74) is 0. The second kappa shape index (κ2) is 2.90. The van der Waals surface area contributed by atoms with Gasteiger partial charge in [-0.1, -0.05) is 12.2 Å². The molecule has 66 valence electrons. The van der Waals surface area contributed by atoms with Gasteiger partial charge in [0.15, 0.2) is 0 Å². The Balaban J connectivity index is 2.11. The van der Waals surface area contributed by atoms with Crippen molar-refractivity contribution in [3.8, 4) is 0 Å². The number of piperidine rings is 1. The van der Waals surface area contributed by atoms with Crippen LogP contribution in [0.1, 0.15) is 12.8 Å². The van der Waals surface area contributed by atoms with Crippen molar-refractivity contribution in [2.75, 3.05) is 7.11 Å². The molecule has 1 aliphatic carbocycles. The first-order chi connectivity index (χ1) is 5.81. The summed E-state index contributed by atoms with van der Waals surface area (Å²) < 4.78 is 4.71. The van der Waals surface area contributed by atoms with Crippen molar-refractivity contribution in [3.63, 3.8) is 0 Å². The van der Waals surface area contributed by atoms with E-state index in [2.05, 4.69) is 17.5 Å². The first kappa shape index (κ1) is 7.80. The fraction of sp³-hybridized carbons (Fsp3) is 0.667. The van der Waals surface area contributed by atoms with E-state index in [1.54, 1.807) is 0 Å². The molecule has 3 nitrogen and oxygen atoms in total. The summed E-state index contributed by atoms with van der Waals surface area (Å²) in [6, 6.07) is 0.290. The van der Waals surface area contributed by atoms with Crippen molar-refractivity contribution < 1.29 is 9.53 Å². The Bertz CT molecular complexity index is 225. The van der Waals surface area contributed by atoms with Crippen molar-refractivity contribution in [2.45, 2.75) is 24.9 Å². The summed E-state index contributed by atoms with van der Waals surface area (Å²) >= 11 is 0. The van der Waals surface area contributed by atoms with Crippen molar-refractivity contribution in [1.82, 2.24) is 5.32 Å². The lowest BCUT2D eigenvalue weighted by Gasteiger charge is -2.37. The monoisotopic (exact) mass is 167 g/mol. The molecule has 0 aromatic heterocycles. The molecule has 0 aromatic rings. The molecule has 0 spiro atoms. The molecular formula is C9H13NO2. The van der Waals surface area contributed by atoms with Gasteiger partial charge in [-0.15, -0.1) is 0 Å². The number of carbonyl (C=O) groups is 1. The smallest absolute Gasteiger partial charge is 0.323 e. The van der Waals surface area contributed by atoms with Gasteiger partial charge in [-0.25, -0.2) is 0 Å². The fourth-order valence-corrected chi connectivity index (χ4v) is 1.98. The normalized spacial score (nSPS) is 38.2. The number of nitrogens with one attached hydrogen (secondary N) is 1. The van der Waals surface area contributed by atoms with Crippen LogP contribution >= 0.6 is 0 Å². The Morgan fingerprint density at radius 3 is 2.75 bits per heavy atom. The SMILES string of the molecule is COC(=O)[C@@H]1N[C@@H]2C=C[C@H]1CC2. The highest BCUT2D eigenvalue weighted by Gasteiger charge is 2.36. The van der Waals surface area contributed by atoms with Crippen LogP contribution in [-0.2, 0) is 9.53 Å². The minimum Gasteiger partial charge on any atom is -0.468 e. The Morgan fingerprint density at radius 1 is 1.50 bits per heavy atom. The molecule has 0 aromatic carbocycles. The zero-order chi connectivity index (χ0) is 8.55. The molecule has 1 N–H and O–H groups in total. The zero-order valence-electron chi connectivity index (χ0n) is 7.12. The lowest BCUT2D eigenvalue weighted by Crippen LogP contribution is -2.53. The molecule has 12 heavy (non-hydrogen) atoms. The third-order valence-corrected chi connectivity index (χ3v) is 2.68. The Labute approximate surface area is 71.8 Å². The van der Waals surface area contributed by atoms with Gasteiger partial charge in [-0.05, 0) is 12.8 Å². The predicted molar refractivity (Wildman–Crippen MR) is 44.6 cm³/mol. The van der Waals surface area contributed by atoms with Crippen LogP contribution in [0.2, 0.25) is 0 Å². The molecule has 2 aliphatic heterocycles. The number of carbonyl (C=O) groups excluding carboxylic acids is 1. The summed E-state index contributed by atoms with van der Waals surface area (Å²) in [7, 11) is 1.44. The van der Waals surface area contributed by atoms with Gasteiger partial charge >= 0.3 is 5.97 Å². The van der Waals surface area contributed by atoms with E-state index in [1.165, 1.54) is 7.11 Å². The van der Waals surface area contributed by atoms with Gasteiger partial charge in [0.05, 0.1) is 7.11 Å². The molecular weight excluding hydrogens is 154 g/mol. The minimum absolute atomic E-state index is 0.0984. The maximum absolute atomic E-state index is 11.2. The van der Waals surface area contributed by atoms with E-state index in [1.807, 2.05) is 0 Å². The van der Waals surface area contributed by atoms with Crippen LogP contribution in [0.25, 0.3) is 0 Å². The van der Waals surface area contributed by atoms with Crippen molar-refractivity contribution >= 4 is 5.97 Å². The number of methoxy groups -OCH3 is 1. The van der Waals surface area contributed by atoms with Gasteiger partial charge in [0, 0.05) is 12.0 Å². The third-order valence-electron chi connectivity index (χ3n) is 2.68. The summed E-state index contributed by atoms with van der Waals surface area (Å²) in [6.45, 7) is 0. The van der Waals surface area contributed by atoms with Crippen LogP contribution in [-0.4, -0.2) is 25.2 Å². The number of fused-ring (bicyclic) bond motifs is 2. The van der Waals surface area contributed by atoms with E-state index in [0.29, 0.717) is 12.0 Å². The second-order valence-electron chi connectivity index (χ2n) is 3.40. The molecule has 2 heterocycles. The van der Waals surface area contributed by atoms with E-state index < -0.39 is 0 Å². The van der Waals surface area contributed by atoms with E-state index in [0.717, 1.165) is 12.8 Å². The number of hydrogen-bond acceptors (Lipinski definition) is 3. The van der Waals surface area contributed by atoms with E-state index in [-0.39, 0.29) is 12.0 Å². The molecule has 1 fully saturated rings. The van der Waals surface area contributed by atoms with Crippen LogP contribution < -0.4 is 5.32 Å². The summed E-state index contributed by atoms with van der Waals surface area (Å²) in [5.74, 6) is 0.219. The standard InChI is InChI=1S/C9H13NO2/c1-12-9(11)8-6-2-4-7(10-8)5-3-6/h2,4,6-8,10H,3,5H2,1H3/t6-,7+,8+/m0/s1. The Morgan fingerprint density at radius 2 is 2.33 bits per heavy atom. The van der Waals surface area contributed by atoms with Crippen molar-refractivity contribution in [1.29, 1.82) is 0 Å². The maximum Gasteiger partial charge on any atom is 0.323 e. The van der Waals surface area contributed by atoms with E-state index in [4.69, 9.17) is 4.74 Å². The maximum atomic E-state index is 11.2. The number of rotatable bonds is 1. The van der Waals surface area contributed by atoms with E-state index in [9.17, 15) is 4.79 Å². The van der Waals surface area contributed by atoms with Gasteiger partial charge in [-0.2, -0.15) is 0 Å². The Kier molecular flexibility index (Phi) is 1.89. The summed E-state index contributed by atoms with van der Waals surface area (Å²) in [4.78, 5) is 11.2. The summed E-state index contributed by atoms with van der Waals surface area (Å²) in [6.07, 6.45) is 6.53. The van der Waals surface area contributed by atoms with Crippen molar-refractivity contribution in [2.24, 2.45) is 5.92 Å². The molecule has 3 aliphatic rings. The largest absolute Gasteiger partial charge is 0.468 e. The van der Waals surface area contributed by atoms with Crippen LogP contribution in [0.15, 0.2) is 12.2 Å². The Hall–Kier alpha value is -0.830. The third kappa shape index (κ3) is 1.14. The highest BCUT2D eigenvalue weighted by Crippen LogP contribution is 2.27. The highest BCUT2D eigenvalue weighted by molar-refractivity contribution is 5.77. The molecule has 3 heteroatoms. The van der Waals surface area contributed by atoms with Gasteiger partial charge in [0.25, 0.3) is 0 Å². The quantitative estimate of drug-likeness (QED) is 0.455. The van der Waals surface area contributed by atoms with Gasteiger partial charge in [0.2, 0.25) is 0 Å². The minimum atomic E-state index is -0.131. The lowest BCUT2D eigenvalue weighted by molar-refractivity contribution is -0.145. The van der Waals surface area contributed by atoms with Crippen LogP contribution in [0, 0.1) is 5.92 Å². The average molecular weight is 167 g/mol. The molecule has 0 unspecified atom stereocenters. The van der Waals surface area contributed by atoms with Crippen LogP contribution in [0.4, 0.5) is 0 Å². The number of esters is 1. The molecule has 3 atom stereocenters. The van der Waals surface area contributed by atoms with Gasteiger partial charge in [0.1, 0.15) is 6.04 Å². The zero-order valence-corrected chi connectivity index (χ0v) is 7.12. The number of ether oxygens (including phenoxy) is 1.